The fraction of sp³-hybridized carbons (Fsp3) is 0.409. The summed E-state index contributed by atoms with van der Waals surface area (Å²) < 4.78 is 53.1. The number of anilines is 1. The lowest BCUT2D eigenvalue weighted by Gasteiger charge is -2.40. The third kappa shape index (κ3) is 5.63. The van der Waals surface area contributed by atoms with Crippen molar-refractivity contribution in [1.82, 2.24) is 5.32 Å². The number of benzene rings is 2. The number of halogens is 6. The lowest BCUT2D eigenvalue weighted by atomic mass is 9.91. The van der Waals surface area contributed by atoms with Crippen molar-refractivity contribution in [1.29, 1.82) is 0 Å². The highest BCUT2D eigenvalue weighted by Gasteiger charge is 2.34. The van der Waals surface area contributed by atoms with Crippen LogP contribution in [0.5, 0.6) is 0 Å². The third-order valence-corrected chi connectivity index (χ3v) is 6.13. The summed E-state index contributed by atoms with van der Waals surface area (Å²) >= 11 is 5.84. The predicted octanol–water partition coefficient (Wildman–Crippen LogP) is 6.47. The Kier molecular flexibility index (Phi) is 8.22. The standard InChI is InChI=1S/C22H23ClF4N2O.ClH/c1-13-5-4-10-29(14(13)2)19-11-16(24)9-8-15(19)12-28-21(30)17-6-3-7-18(20(17)23)22(25,26)27;/h3,6-9,11,13-14H,4-5,10,12H2,1-2H3,(H,28,30);1H. The summed E-state index contributed by atoms with van der Waals surface area (Å²) in [5, 5.41) is 1.98. The second kappa shape index (κ2) is 10.1. The average molecular weight is 479 g/mol. The minimum Gasteiger partial charge on any atom is -0.368 e. The molecule has 170 valence electrons. The highest BCUT2D eigenvalue weighted by atomic mass is 35.5. The third-order valence-electron chi connectivity index (χ3n) is 5.72. The van der Waals surface area contributed by atoms with Crippen molar-refractivity contribution in [3.63, 3.8) is 0 Å². The van der Waals surface area contributed by atoms with E-state index < -0.39 is 22.7 Å². The van der Waals surface area contributed by atoms with Crippen molar-refractivity contribution >= 4 is 35.6 Å². The van der Waals surface area contributed by atoms with Crippen LogP contribution in [-0.2, 0) is 12.7 Å². The highest BCUT2D eigenvalue weighted by molar-refractivity contribution is 6.34. The summed E-state index contributed by atoms with van der Waals surface area (Å²) in [6.45, 7) is 5.04. The van der Waals surface area contributed by atoms with E-state index in [-0.39, 0.29) is 36.4 Å². The Bertz CT molecular complexity index is 936. The highest BCUT2D eigenvalue weighted by Crippen LogP contribution is 2.36. The van der Waals surface area contributed by atoms with E-state index in [1.807, 2.05) is 0 Å². The SMILES string of the molecule is CC1CCCN(c2cc(F)ccc2CNC(=O)c2cccc(C(F)(F)F)c2Cl)C1C.Cl. The van der Waals surface area contributed by atoms with Gasteiger partial charge in [-0.25, -0.2) is 4.39 Å². The average Bonchev–Trinajstić information content (AvgIpc) is 2.68. The summed E-state index contributed by atoms with van der Waals surface area (Å²) in [6, 6.07) is 7.75. The molecule has 2 unspecified atom stereocenters. The molecule has 0 bridgehead atoms. The zero-order valence-electron chi connectivity index (χ0n) is 17.1. The molecule has 2 aromatic carbocycles. The number of nitrogens with zero attached hydrogens (tertiary/aromatic N) is 1. The van der Waals surface area contributed by atoms with Gasteiger partial charge >= 0.3 is 6.18 Å². The number of hydrogen-bond acceptors (Lipinski definition) is 2. The van der Waals surface area contributed by atoms with Crippen LogP contribution in [0.25, 0.3) is 0 Å². The van der Waals surface area contributed by atoms with Crippen LogP contribution in [-0.4, -0.2) is 18.5 Å². The van der Waals surface area contributed by atoms with Crippen molar-refractivity contribution in [2.45, 2.75) is 45.5 Å². The first-order valence-electron chi connectivity index (χ1n) is 9.78. The first-order chi connectivity index (χ1) is 14.1. The number of rotatable bonds is 4. The molecule has 1 amide bonds. The molecule has 3 nitrogen and oxygen atoms in total. The van der Waals surface area contributed by atoms with Gasteiger partial charge < -0.3 is 10.2 Å². The lowest BCUT2D eigenvalue weighted by molar-refractivity contribution is -0.137. The lowest BCUT2D eigenvalue weighted by Crippen LogP contribution is -2.43. The van der Waals surface area contributed by atoms with Crippen molar-refractivity contribution in [3.05, 3.63) is 63.9 Å². The number of piperidine rings is 1. The number of carbonyl (C=O) groups is 1. The summed E-state index contributed by atoms with van der Waals surface area (Å²) in [5.41, 5.74) is 0.0591. The van der Waals surface area contributed by atoms with E-state index in [1.54, 1.807) is 6.07 Å². The van der Waals surface area contributed by atoms with Gasteiger partial charge in [-0.3, -0.25) is 4.79 Å². The molecule has 1 aliphatic heterocycles. The topological polar surface area (TPSA) is 32.3 Å². The van der Waals surface area contributed by atoms with Crippen molar-refractivity contribution in [2.24, 2.45) is 5.92 Å². The van der Waals surface area contributed by atoms with Gasteiger partial charge in [0.1, 0.15) is 5.82 Å². The minimum absolute atomic E-state index is 0. The molecule has 1 fully saturated rings. The van der Waals surface area contributed by atoms with Crippen molar-refractivity contribution < 1.29 is 22.4 Å². The Labute approximate surface area is 190 Å². The van der Waals surface area contributed by atoms with Gasteiger partial charge in [0.2, 0.25) is 0 Å². The Morgan fingerprint density at radius 3 is 2.61 bits per heavy atom. The van der Waals surface area contributed by atoms with Crippen LogP contribution in [0.4, 0.5) is 23.2 Å². The van der Waals surface area contributed by atoms with E-state index in [0.717, 1.165) is 31.5 Å². The summed E-state index contributed by atoms with van der Waals surface area (Å²) in [4.78, 5) is 14.7. The van der Waals surface area contributed by atoms with E-state index >= 15 is 0 Å². The van der Waals surface area contributed by atoms with Crippen LogP contribution in [0.3, 0.4) is 0 Å². The van der Waals surface area contributed by atoms with Gasteiger partial charge in [-0.15, -0.1) is 12.4 Å². The number of amides is 1. The summed E-state index contributed by atoms with van der Waals surface area (Å²) in [5.74, 6) is -0.666. The Morgan fingerprint density at radius 2 is 1.94 bits per heavy atom. The molecule has 0 aromatic heterocycles. The number of alkyl halides is 3. The number of carbonyl (C=O) groups excluding carboxylic acids is 1. The van der Waals surface area contributed by atoms with E-state index in [0.29, 0.717) is 17.2 Å². The normalized spacial score (nSPS) is 19.0. The van der Waals surface area contributed by atoms with Gasteiger partial charge in [-0.1, -0.05) is 30.7 Å². The Hall–Kier alpha value is -1.99. The molecule has 1 N–H and O–H groups in total. The second-order valence-electron chi connectivity index (χ2n) is 7.67. The molecular formula is C22H24Cl2F4N2O. The molecular weight excluding hydrogens is 455 g/mol. The van der Waals surface area contributed by atoms with E-state index in [4.69, 9.17) is 11.6 Å². The molecule has 31 heavy (non-hydrogen) atoms. The molecule has 2 aromatic rings. The molecule has 1 aliphatic rings. The van der Waals surface area contributed by atoms with E-state index in [2.05, 4.69) is 24.1 Å². The smallest absolute Gasteiger partial charge is 0.368 e. The van der Waals surface area contributed by atoms with E-state index in [9.17, 15) is 22.4 Å². The Morgan fingerprint density at radius 1 is 1.23 bits per heavy atom. The maximum absolute atomic E-state index is 14.0. The minimum atomic E-state index is -4.65. The fourth-order valence-electron chi connectivity index (χ4n) is 3.83. The van der Waals surface area contributed by atoms with Crippen LogP contribution < -0.4 is 10.2 Å². The first-order valence-corrected chi connectivity index (χ1v) is 10.2. The maximum atomic E-state index is 14.0. The van der Waals surface area contributed by atoms with Gasteiger partial charge in [-0.05, 0) is 55.5 Å². The van der Waals surface area contributed by atoms with Crippen LogP contribution in [0.15, 0.2) is 36.4 Å². The zero-order chi connectivity index (χ0) is 22.1. The largest absolute Gasteiger partial charge is 0.417 e. The second-order valence-corrected chi connectivity index (χ2v) is 8.05. The predicted molar refractivity (Wildman–Crippen MR) is 116 cm³/mol. The number of nitrogens with one attached hydrogen (secondary N) is 1. The quantitative estimate of drug-likeness (QED) is 0.510. The van der Waals surface area contributed by atoms with Gasteiger partial charge in [0.25, 0.3) is 5.91 Å². The van der Waals surface area contributed by atoms with Gasteiger partial charge in [0.05, 0.1) is 16.1 Å². The van der Waals surface area contributed by atoms with Crippen LogP contribution >= 0.6 is 24.0 Å². The van der Waals surface area contributed by atoms with E-state index in [1.165, 1.54) is 18.2 Å². The van der Waals surface area contributed by atoms with Gasteiger partial charge in [-0.2, -0.15) is 13.2 Å². The molecule has 2 atom stereocenters. The van der Waals surface area contributed by atoms with Gasteiger partial charge in [0, 0.05) is 24.8 Å². The molecule has 0 aliphatic carbocycles. The number of hydrogen-bond donors (Lipinski definition) is 1. The Balaban J connectivity index is 0.00000341. The maximum Gasteiger partial charge on any atom is 0.417 e. The first kappa shape index (κ1) is 25.3. The molecule has 0 spiro atoms. The molecule has 3 rings (SSSR count). The van der Waals surface area contributed by atoms with Crippen LogP contribution in [0, 0.1) is 11.7 Å². The summed E-state index contributed by atoms with van der Waals surface area (Å²) in [6.07, 6.45) is -2.58. The fourth-order valence-corrected chi connectivity index (χ4v) is 4.15. The zero-order valence-corrected chi connectivity index (χ0v) is 18.7. The molecule has 1 heterocycles. The molecule has 0 saturated carbocycles. The molecule has 1 saturated heterocycles. The monoisotopic (exact) mass is 478 g/mol. The van der Waals surface area contributed by atoms with Crippen LogP contribution in [0.1, 0.15) is 48.2 Å². The van der Waals surface area contributed by atoms with Gasteiger partial charge in [0.15, 0.2) is 0 Å². The molecule has 9 heteroatoms. The van der Waals surface area contributed by atoms with Crippen molar-refractivity contribution in [3.8, 4) is 0 Å². The van der Waals surface area contributed by atoms with Crippen molar-refractivity contribution in [2.75, 3.05) is 11.4 Å². The molecule has 0 radical (unpaired) electrons. The summed E-state index contributed by atoms with van der Waals surface area (Å²) in [7, 11) is 0. The van der Waals surface area contributed by atoms with Crippen LogP contribution in [0.2, 0.25) is 5.02 Å².